The predicted octanol–water partition coefficient (Wildman–Crippen LogP) is 3.54. The average Bonchev–Trinajstić information content (AvgIpc) is 2.89. The van der Waals surface area contributed by atoms with E-state index in [1.54, 1.807) is 0 Å². The molecular weight excluding hydrogens is 308 g/mol. The molecule has 3 rings (SSSR count). The highest BCUT2D eigenvalue weighted by Gasteiger charge is 2.66. The van der Waals surface area contributed by atoms with Gasteiger partial charge >= 0.3 is 18.2 Å². The highest BCUT2D eigenvalue weighted by molar-refractivity contribution is 5.82. The highest BCUT2D eigenvalue weighted by atomic mass is 19.3. The SMILES string of the molecule is O=C(O)C1(c2ccc3c(c2)OC(F)(F)C(F)(F)O3)CCCC1. The summed E-state index contributed by atoms with van der Waals surface area (Å²) in [5.41, 5.74) is -0.950. The van der Waals surface area contributed by atoms with Crippen LogP contribution in [0.3, 0.4) is 0 Å². The van der Waals surface area contributed by atoms with Crippen LogP contribution in [0.5, 0.6) is 11.5 Å². The van der Waals surface area contributed by atoms with Crippen LogP contribution in [0.25, 0.3) is 0 Å². The molecule has 0 spiro atoms. The van der Waals surface area contributed by atoms with Gasteiger partial charge in [-0.15, -0.1) is 0 Å². The summed E-state index contributed by atoms with van der Waals surface area (Å²) >= 11 is 0. The molecule has 1 aliphatic heterocycles. The predicted molar refractivity (Wildman–Crippen MR) is 65.4 cm³/mol. The third-order valence-electron chi connectivity index (χ3n) is 4.18. The first-order valence-electron chi connectivity index (χ1n) is 6.70. The second kappa shape index (κ2) is 4.50. The Kier molecular flexibility index (Phi) is 3.05. The number of aliphatic carboxylic acids is 1. The first kappa shape index (κ1) is 14.9. The number of hydrogen-bond acceptors (Lipinski definition) is 3. The van der Waals surface area contributed by atoms with Crippen LogP contribution in [0, 0.1) is 0 Å². The molecule has 22 heavy (non-hydrogen) atoms. The number of benzene rings is 1. The molecule has 120 valence electrons. The highest BCUT2D eigenvalue weighted by Crippen LogP contribution is 2.49. The van der Waals surface area contributed by atoms with Gasteiger partial charge in [-0.1, -0.05) is 18.9 Å². The van der Waals surface area contributed by atoms with Gasteiger partial charge in [-0.3, -0.25) is 4.79 Å². The van der Waals surface area contributed by atoms with Crippen molar-refractivity contribution in [1.82, 2.24) is 0 Å². The van der Waals surface area contributed by atoms with Gasteiger partial charge in [0.2, 0.25) is 0 Å². The normalized spacial score (nSPS) is 24.0. The minimum Gasteiger partial charge on any atom is -0.481 e. The maximum atomic E-state index is 13.2. The Hall–Kier alpha value is -1.99. The van der Waals surface area contributed by atoms with Crippen LogP contribution >= 0.6 is 0 Å². The van der Waals surface area contributed by atoms with Crippen molar-refractivity contribution in [3.63, 3.8) is 0 Å². The molecule has 1 saturated carbocycles. The van der Waals surface area contributed by atoms with Crippen LogP contribution in [0.4, 0.5) is 17.6 Å². The second-order valence-corrected chi connectivity index (χ2v) is 5.49. The molecule has 0 atom stereocenters. The summed E-state index contributed by atoms with van der Waals surface area (Å²) in [5.74, 6) is -2.20. The second-order valence-electron chi connectivity index (χ2n) is 5.49. The molecule has 0 amide bonds. The van der Waals surface area contributed by atoms with Gasteiger partial charge in [-0.05, 0) is 30.5 Å². The van der Waals surface area contributed by atoms with E-state index in [4.69, 9.17) is 0 Å². The van der Waals surface area contributed by atoms with Gasteiger partial charge in [0.1, 0.15) is 0 Å². The number of carboxylic acids is 1. The van der Waals surface area contributed by atoms with Gasteiger partial charge < -0.3 is 14.6 Å². The van der Waals surface area contributed by atoms with Crippen molar-refractivity contribution in [1.29, 1.82) is 0 Å². The van der Waals surface area contributed by atoms with Crippen molar-refractivity contribution in [2.24, 2.45) is 0 Å². The van der Waals surface area contributed by atoms with Crippen LogP contribution in [0.15, 0.2) is 18.2 Å². The minimum absolute atomic E-state index is 0.251. The van der Waals surface area contributed by atoms with E-state index in [-0.39, 0.29) is 5.56 Å². The van der Waals surface area contributed by atoms with E-state index in [2.05, 4.69) is 9.47 Å². The zero-order valence-corrected chi connectivity index (χ0v) is 11.2. The summed E-state index contributed by atoms with van der Waals surface area (Å²) in [5, 5.41) is 9.47. The van der Waals surface area contributed by atoms with Gasteiger partial charge in [0.25, 0.3) is 0 Å². The van der Waals surface area contributed by atoms with E-state index in [0.29, 0.717) is 25.7 Å². The molecular formula is C14H12F4O4. The molecule has 1 N–H and O–H groups in total. The molecule has 4 nitrogen and oxygen atoms in total. The lowest BCUT2D eigenvalue weighted by Crippen LogP contribution is -2.52. The number of hydrogen-bond donors (Lipinski definition) is 1. The summed E-state index contributed by atoms with van der Waals surface area (Å²) in [7, 11) is 0. The Morgan fingerprint density at radius 3 is 2.09 bits per heavy atom. The Morgan fingerprint density at radius 2 is 1.55 bits per heavy atom. The van der Waals surface area contributed by atoms with E-state index >= 15 is 0 Å². The van der Waals surface area contributed by atoms with Crippen LogP contribution < -0.4 is 9.47 Å². The van der Waals surface area contributed by atoms with E-state index in [1.165, 1.54) is 6.07 Å². The molecule has 0 saturated heterocycles. The zero-order valence-electron chi connectivity index (χ0n) is 11.2. The smallest absolute Gasteiger partial charge is 0.481 e. The molecule has 2 aliphatic rings. The lowest BCUT2D eigenvalue weighted by atomic mass is 9.79. The van der Waals surface area contributed by atoms with Crippen molar-refractivity contribution in [3.05, 3.63) is 23.8 Å². The Bertz CT molecular complexity index is 623. The summed E-state index contributed by atoms with van der Waals surface area (Å²) in [6, 6.07) is 3.40. The number of ether oxygens (including phenoxy) is 2. The van der Waals surface area contributed by atoms with E-state index in [1.807, 2.05) is 0 Å². The van der Waals surface area contributed by atoms with Crippen LogP contribution in [-0.2, 0) is 10.2 Å². The molecule has 1 fully saturated rings. The topological polar surface area (TPSA) is 55.8 Å². The van der Waals surface area contributed by atoms with E-state index in [0.717, 1.165) is 12.1 Å². The number of carboxylic acid groups (broad SMARTS) is 1. The van der Waals surface area contributed by atoms with Gasteiger partial charge in [-0.2, -0.15) is 17.6 Å². The maximum Gasteiger partial charge on any atom is 0.507 e. The Morgan fingerprint density at radius 1 is 1.00 bits per heavy atom. The van der Waals surface area contributed by atoms with Crippen molar-refractivity contribution < 1.29 is 36.9 Å². The van der Waals surface area contributed by atoms with Gasteiger partial charge in [-0.25, -0.2) is 0 Å². The quantitative estimate of drug-likeness (QED) is 0.847. The summed E-state index contributed by atoms with van der Waals surface area (Å²) < 4.78 is 60.6. The fourth-order valence-electron chi connectivity index (χ4n) is 2.97. The zero-order chi connectivity index (χ0) is 16.2. The van der Waals surface area contributed by atoms with Crippen molar-refractivity contribution in [3.8, 4) is 11.5 Å². The average molecular weight is 320 g/mol. The fourth-order valence-corrected chi connectivity index (χ4v) is 2.97. The first-order valence-corrected chi connectivity index (χ1v) is 6.70. The number of alkyl halides is 4. The third-order valence-corrected chi connectivity index (χ3v) is 4.18. The molecule has 1 heterocycles. The minimum atomic E-state index is -4.81. The van der Waals surface area contributed by atoms with E-state index < -0.39 is 35.1 Å². The number of rotatable bonds is 2. The third kappa shape index (κ3) is 2.00. The van der Waals surface area contributed by atoms with Crippen molar-refractivity contribution >= 4 is 5.97 Å². The molecule has 0 bridgehead atoms. The lowest BCUT2D eigenvalue weighted by molar-refractivity contribution is -0.391. The van der Waals surface area contributed by atoms with Gasteiger partial charge in [0, 0.05) is 0 Å². The first-order chi connectivity index (χ1) is 10.2. The Balaban J connectivity index is 2.04. The molecule has 1 aliphatic carbocycles. The summed E-state index contributed by atoms with van der Waals surface area (Å²) in [6.07, 6.45) is -7.50. The standard InChI is InChI=1S/C14H12F4O4/c15-13(16)14(17,18)22-10-7-8(3-4-9(10)21-13)12(11(19)20)5-1-2-6-12/h3-4,7H,1-2,5-6H2,(H,19,20). The van der Waals surface area contributed by atoms with Crippen LogP contribution in [-0.4, -0.2) is 23.3 Å². The fraction of sp³-hybridized carbons (Fsp3) is 0.500. The number of halogens is 4. The van der Waals surface area contributed by atoms with Gasteiger partial charge in [0.05, 0.1) is 5.41 Å². The van der Waals surface area contributed by atoms with Gasteiger partial charge in [0.15, 0.2) is 11.5 Å². The Labute approximate surface area is 122 Å². The molecule has 1 aromatic rings. The maximum absolute atomic E-state index is 13.2. The number of carbonyl (C=O) groups is 1. The molecule has 0 aromatic heterocycles. The molecule has 8 heteroatoms. The molecule has 0 unspecified atom stereocenters. The van der Waals surface area contributed by atoms with Crippen molar-refractivity contribution in [2.45, 2.75) is 43.3 Å². The molecule has 0 radical (unpaired) electrons. The van der Waals surface area contributed by atoms with Crippen LogP contribution in [0.2, 0.25) is 0 Å². The number of fused-ring (bicyclic) bond motifs is 1. The monoisotopic (exact) mass is 320 g/mol. The lowest BCUT2D eigenvalue weighted by Gasteiger charge is -2.33. The summed E-state index contributed by atoms with van der Waals surface area (Å²) in [4.78, 5) is 11.6. The van der Waals surface area contributed by atoms with Crippen molar-refractivity contribution in [2.75, 3.05) is 0 Å². The van der Waals surface area contributed by atoms with E-state index in [9.17, 15) is 27.5 Å². The summed E-state index contributed by atoms with van der Waals surface area (Å²) in [6.45, 7) is 0. The molecule has 1 aromatic carbocycles. The largest absolute Gasteiger partial charge is 0.507 e. The van der Waals surface area contributed by atoms with Crippen LogP contribution in [0.1, 0.15) is 31.2 Å².